The van der Waals surface area contributed by atoms with Crippen LogP contribution in [0.15, 0.2) is 23.3 Å². The molecule has 140 valence electrons. The summed E-state index contributed by atoms with van der Waals surface area (Å²) in [4.78, 5) is 38.0. The number of allylic oxidation sites excluding steroid dienone is 3. The van der Waals surface area contributed by atoms with E-state index < -0.39 is 46.8 Å². The minimum absolute atomic E-state index is 0.0474. The topological polar surface area (TPSA) is 91.7 Å². The van der Waals surface area contributed by atoms with Gasteiger partial charge in [-0.1, -0.05) is 37.1 Å². The Morgan fingerprint density at radius 2 is 1.64 bits per heavy atom. The molecule has 0 aromatic rings. The fourth-order valence-corrected chi connectivity index (χ4v) is 3.13. The van der Waals surface area contributed by atoms with Gasteiger partial charge in [-0.2, -0.15) is 0 Å². The predicted octanol–water partition coefficient (Wildman–Crippen LogP) is 2.40. The zero-order chi connectivity index (χ0) is 19.5. The van der Waals surface area contributed by atoms with E-state index in [0.717, 1.165) is 11.1 Å². The van der Waals surface area contributed by atoms with Gasteiger partial charge in [0.2, 0.25) is 0 Å². The summed E-state index contributed by atoms with van der Waals surface area (Å²) in [6, 6.07) is 0. The van der Waals surface area contributed by atoms with Gasteiger partial charge in [-0.05, 0) is 40.5 Å². The Morgan fingerprint density at radius 1 is 1.12 bits per heavy atom. The van der Waals surface area contributed by atoms with Crippen LogP contribution in [-0.2, 0) is 14.4 Å². The molecule has 1 fully saturated rings. The van der Waals surface area contributed by atoms with Crippen LogP contribution < -0.4 is 0 Å². The highest BCUT2D eigenvalue weighted by atomic mass is 16.4. The second-order valence-electron chi connectivity index (χ2n) is 7.68. The molecule has 5 nitrogen and oxygen atoms in total. The minimum Gasteiger partial charge on any atom is -0.389 e. The Kier molecular flexibility index (Phi) is 7.03. The van der Waals surface area contributed by atoms with Crippen molar-refractivity contribution in [3.8, 4) is 0 Å². The van der Waals surface area contributed by atoms with E-state index in [2.05, 4.69) is 0 Å². The molecule has 0 amide bonds. The van der Waals surface area contributed by atoms with Gasteiger partial charge in [-0.15, -0.1) is 0 Å². The zero-order valence-corrected chi connectivity index (χ0v) is 16.0. The second kappa shape index (κ2) is 8.19. The summed E-state index contributed by atoms with van der Waals surface area (Å²) < 4.78 is 0. The largest absolute Gasteiger partial charge is 0.389 e. The van der Waals surface area contributed by atoms with Gasteiger partial charge in [0, 0.05) is 5.92 Å². The van der Waals surface area contributed by atoms with Crippen molar-refractivity contribution >= 4 is 17.3 Å². The summed E-state index contributed by atoms with van der Waals surface area (Å²) in [5.74, 6) is -5.04. The maximum atomic E-state index is 12.8. The van der Waals surface area contributed by atoms with Crippen molar-refractivity contribution in [1.82, 2.24) is 0 Å². The van der Waals surface area contributed by atoms with E-state index in [1.807, 2.05) is 27.7 Å². The van der Waals surface area contributed by atoms with Gasteiger partial charge in [0.1, 0.15) is 5.92 Å². The Hall–Kier alpha value is -1.59. The number of carbonyl (C=O) groups excluding carboxylic acids is 3. The molecular formula is C20H30O5. The molecule has 0 aromatic carbocycles. The third-order valence-corrected chi connectivity index (χ3v) is 4.69. The van der Waals surface area contributed by atoms with Crippen molar-refractivity contribution in [3.05, 3.63) is 23.3 Å². The number of ketones is 3. The number of hydrogen-bond donors (Lipinski definition) is 2. The number of carbonyl (C=O) groups is 3. The first-order valence-corrected chi connectivity index (χ1v) is 8.73. The van der Waals surface area contributed by atoms with Crippen molar-refractivity contribution < 1.29 is 24.6 Å². The first-order valence-electron chi connectivity index (χ1n) is 8.73. The number of aliphatic hydroxyl groups is 2. The quantitative estimate of drug-likeness (QED) is 0.543. The molecule has 5 heteroatoms. The minimum atomic E-state index is -2.23. The van der Waals surface area contributed by atoms with Crippen LogP contribution in [0.3, 0.4) is 0 Å². The van der Waals surface area contributed by atoms with E-state index >= 15 is 0 Å². The number of hydrogen-bond acceptors (Lipinski definition) is 5. The molecule has 1 saturated carbocycles. The Bertz CT molecular complexity index is 606. The van der Waals surface area contributed by atoms with Crippen LogP contribution in [0.4, 0.5) is 0 Å². The van der Waals surface area contributed by atoms with Crippen molar-refractivity contribution in [3.63, 3.8) is 0 Å². The average molecular weight is 350 g/mol. The zero-order valence-electron chi connectivity index (χ0n) is 16.0. The molecule has 25 heavy (non-hydrogen) atoms. The Balaban J connectivity index is 3.34. The first kappa shape index (κ1) is 21.5. The highest BCUT2D eigenvalue weighted by Crippen LogP contribution is 2.41. The molecule has 0 aromatic heterocycles. The van der Waals surface area contributed by atoms with E-state index in [1.54, 1.807) is 26.0 Å². The lowest BCUT2D eigenvalue weighted by Gasteiger charge is -2.31. The van der Waals surface area contributed by atoms with Gasteiger partial charge in [0.25, 0.3) is 0 Å². The van der Waals surface area contributed by atoms with Crippen molar-refractivity contribution in [2.45, 2.75) is 66.1 Å². The monoisotopic (exact) mass is 350 g/mol. The molecule has 2 N–H and O–H groups in total. The first-order chi connectivity index (χ1) is 11.4. The average Bonchev–Trinajstić information content (AvgIpc) is 2.69. The number of rotatable bonds is 7. The third kappa shape index (κ3) is 4.33. The van der Waals surface area contributed by atoms with Crippen LogP contribution in [-0.4, -0.2) is 39.3 Å². The van der Waals surface area contributed by atoms with Crippen LogP contribution in [0.25, 0.3) is 0 Å². The van der Waals surface area contributed by atoms with Crippen molar-refractivity contribution in [1.29, 1.82) is 0 Å². The summed E-state index contributed by atoms with van der Waals surface area (Å²) in [5.41, 5.74) is -0.375. The molecule has 0 radical (unpaired) electrons. The van der Waals surface area contributed by atoms with Gasteiger partial charge in [-0.25, -0.2) is 0 Å². The van der Waals surface area contributed by atoms with Crippen LogP contribution in [0.1, 0.15) is 54.4 Å². The molecule has 1 aliphatic carbocycles. The second-order valence-corrected chi connectivity index (χ2v) is 7.68. The van der Waals surface area contributed by atoms with E-state index in [-0.39, 0.29) is 12.8 Å². The summed E-state index contributed by atoms with van der Waals surface area (Å²) in [5, 5.41) is 21.6. The van der Waals surface area contributed by atoms with E-state index in [9.17, 15) is 24.6 Å². The fourth-order valence-electron chi connectivity index (χ4n) is 3.13. The molecule has 1 rings (SSSR count). The summed E-state index contributed by atoms with van der Waals surface area (Å²) in [6.45, 7) is 10.6. The highest BCUT2D eigenvalue weighted by Gasteiger charge is 2.63. The summed E-state index contributed by atoms with van der Waals surface area (Å²) in [7, 11) is 0. The lowest BCUT2D eigenvalue weighted by molar-refractivity contribution is -0.155. The van der Waals surface area contributed by atoms with Gasteiger partial charge in [0.15, 0.2) is 23.0 Å². The highest BCUT2D eigenvalue weighted by molar-refractivity contribution is 6.27. The fraction of sp³-hybridized carbons (Fsp3) is 0.650. The molecule has 0 spiro atoms. The van der Waals surface area contributed by atoms with Gasteiger partial charge in [-0.3, -0.25) is 14.4 Å². The molecule has 1 unspecified atom stereocenters. The predicted molar refractivity (Wildman–Crippen MR) is 95.9 cm³/mol. The van der Waals surface area contributed by atoms with Crippen LogP contribution in [0, 0.1) is 17.8 Å². The Morgan fingerprint density at radius 3 is 2.08 bits per heavy atom. The molecule has 0 saturated heterocycles. The lowest BCUT2D eigenvalue weighted by Crippen LogP contribution is -2.52. The molecule has 1 aliphatic rings. The summed E-state index contributed by atoms with van der Waals surface area (Å²) >= 11 is 0. The molecule has 0 heterocycles. The van der Waals surface area contributed by atoms with Gasteiger partial charge in [0.05, 0.1) is 12.0 Å². The summed E-state index contributed by atoms with van der Waals surface area (Å²) in [6.07, 6.45) is 2.19. The molecule has 0 aliphatic heterocycles. The standard InChI is InChI=1S/C20H30O5/c1-11(2)7-9-14-18(23)16(17(22)13(5)6)19(24)20(14,25)15(21)10-8-12(3)4/h7-8,13-16,21,25H,9-10H2,1-6H3/t14-,15-,16?,20+/m0/s1. The normalized spacial score (nSPS) is 27.4. The van der Waals surface area contributed by atoms with Crippen molar-refractivity contribution in [2.24, 2.45) is 17.8 Å². The lowest BCUT2D eigenvalue weighted by atomic mass is 9.80. The maximum Gasteiger partial charge on any atom is 0.185 e. The number of Topliss-reactive ketones (excluding diaryl/α,β-unsaturated/α-hetero) is 3. The molecule has 4 atom stereocenters. The van der Waals surface area contributed by atoms with Crippen LogP contribution >= 0.6 is 0 Å². The van der Waals surface area contributed by atoms with E-state index in [0.29, 0.717) is 0 Å². The SMILES string of the molecule is CC(C)=CC[C@H](O)[C@@]1(O)C(=O)C(C(=O)C(C)C)C(=O)[C@@H]1CC=C(C)C. The Labute approximate surface area is 149 Å². The van der Waals surface area contributed by atoms with E-state index in [4.69, 9.17) is 0 Å². The molecular weight excluding hydrogens is 320 g/mol. The van der Waals surface area contributed by atoms with Crippen LogP contribution in [0.2, 0.25) is 0 Å². The van der Waals surface area contributed by atoms with Crippen LogP contribution in [0.5, 0.6) is 0 Å². The smallest absolute Gasteiger partial charge is 0.185 e. The number of aliphatic hydroxyl groups excluding tert-OH is 1. The van der Waals surface area contributed by atoms with Gasteiger partial charge >= 0.3 is 0 Å². The maximum absolute atomic E-state index is 12.8. The van der Waals surface area contributed by atoms with E-state index in [1.165, 1.54) is 0 Å². The molecule has 0 bridgehead atoms. The third-order valence-electron chi connectivity index (χ3n) is 4.69. The van der Waals surface area contributed by atoms with Crippen molar-refractivity contribution in [2.75, 3.05) is 0 Å². The van der Waals surface area contributed by atoms with Gasteiger partial charge < -0.3 is 10.2 Å².